The lowest BCUT2D eigenvalue weighted by molar-refractivity contribution is -0.140. The maximum Gasteiger partial charge on any atom is 0.406 e. The lowest BCUT2D eigenvalue weighted by atomic mass is 9.91. The topological polar surface area (TPSA) is 80.4 Å². The molecule has 0 bridgehead atoms. The predicted molar refractivity (Wildman–Crippen MR) is 166 cm³/mol. The van der Waals surface area contributed by atoms with Gasteiger partial charge < -0.3 is 19.9 Å². The minimum atomic E-state index is -4.43. The van der Waals surface area contributed by atoms with E-state index in [1.807, 2.05) is 6.07 Å². The van der Waals surface area contributed by atoms with Crippen molar-refractivity contribution in [1.29, 1.82) is 5.26 Å². The van der Waals surface area contributed by atoms with Crippen LogP contribution in [0.4, 0.5) is 18.9 Å². The molecule has 2 aromatic heterocycles. The van der Waals surface area contributed by atoms with Crippen LogP contribution in [0.1, 0.15) is 56.5 Å². The minimum Gasteiger partial charge on any atom is -0.393 e. The molecule has 0 spiro atoms. The summed E-state index contributed by atoms with van der Waals surface area (Å²) >= 11 is 6.46. The number of likely N-dealkylation sites (tertiary alicyclic amines) is 2. The van der Waals surface area contributed by atoms with Crippen molar-refractivity contribution in [3.63, 3.8) is 0 Å². The summed E-state index contributed by atoms with van der Waals surface area (Å²) in [7, 11) is 0. The van der Waals surface area contributed by atoms with Crippen molar-refractivity contribution >= 4 is 28.2 Å². The summed E-state index contributed by atoms with van der Waals surface area (Å²) in [5.74, 6) is 5.90. The number of rotatable bonds is 7. The van der Waals surface area contributed by atoms with Gasteiger partial charge in [-0.1, -0.05) is 17.5 Å². The normalized spacial score (nSPS) is 17.8. The monoisotopic (exact) mass is 626 g/mol. The summed E-state index contributed by atoms with van der Waals surface area (Å²) in [6, 6.07) is 11.5. The first-order valence-electron chi connectivity index (χ1n) is 15.1. The molecule has 11 heteroatoms. The Morgan fingerprint density at radius 3 is 2.43 bits per heavy atom. The molecule has 44 heavy (non-hydrogen) atoms. The molecule has 2 fully saturated rings. The second-order valence-electron chi connectivity index (χ2n) is 12.3. The van der Waals surface area contributed by atoms with E-state index in [1.54, 1.807) is 44.3 Å². The van der Waals surface area contributed by atoms with Crippen LogP contribution >= 0.6 is 11.6 Å². The molecule has 0 atom stereocenters. The standard InChI is InChI=1S/C33H38ClF3N6O/c1-32(2,21-38)31-6-5-25(19-40-31)39-11-3-4-27-18-29-23(16-24(34)17-30(29)43(27)22-33(35,36)37)20-41-12-7-26(8-13-41)42-14-9-28(44)10-15-42/h5-6,16-19,26,28,39,44H,7-15,20,22H2,1-2H3. The van der Waals surface area contributed by atoms with Gasteiger partial charge in [-0.05, 0) is 94.4 Å². The van der Waals surface area contributed by atoms with Crippen molar-refractivity contribution in [2.24, 2.45) is 0 Å². The zero-order valence-corrected chi connectivity index (χ0v) is 25.8. The number of alkyl halides is 3. The molecule has 0 amide bonds. The highest BCUT2D eigenvalue weighted by atomic mass is 35.5. The highest BCUT2D eigenvalue weighted by Gasteiger charge is 2.31. The summed E-state index contributed by atoms with van der Waals surface area (Å²) in [6.45, 7) is 6.85. The van der Waals surface area contributed by atoms with Gasteiger partial charge in [0, 0.05) is 36.1 Å². The van der Waals surface area contributed by atoms with Gasteiger partial charge in [-0.15, -0.1) is 0 Å². The smallest absolute Gasteiger partial charge is 0.393 e. The van der Waals surface area contributed by atoms with Crippen LogP contribution in [0, 0.1) is 23.2 Å². The fourth-order valence-electron chi connectivity index (χ4n) is 6.12. The van der Waals surface area contributed by atoms with Crippen molar-refractivity contribution in [1.82, 2.24) is 19.4 Å². The van der Waals surface area contributed by atoms with E-state index in [4.69, 9.17) is 11.6 Å². The lowest BCUT2D eigenvalue weighted by Crippen LogP contribution is -2.48. The van der Waals surface area contributed by atoms with Crippen LogP contribution in [0.5, 0.6) is 0 Å². The number of aliphatic hydroxyl groups excluding tert-OH is 1. The van der Waals surface area contributed by atoms with Crippen LogP contribution in [0.3, 0.4) is 0 Å². The van der Waals surface area contributed by atoms with E-state index in [1.165, 1.54) is 4.57 Å². The van der Waals surface area contributed by atoms with Gasteiger partial charge in [0.2, 0.25) is 0 Å². The number of nitriles is 1. The maximum absolute atomic E-state index is 13.7. The Balaban J connectivity index is 1.31. The summed E-state index contributed by atoms with van der Waals surface area (Å²) in [4.78, 5) is 9.17. The van der Waals surface area contributed by atoms with Gasteiger partial charge >= 0.3 is 6.18 Å². The SMILES string of the molecule is CC(C)(C#N)c1ccc(NCC#Cc2cc3c(CN4CCC(N5CCC(O)CC5)CC4)cc(Cl)cc3n2CC(F)(F)F)cn1. The van der Waals surface area contributed by atoms with Crippen LogP contribution in [0.2, 0.25) is 5.02 Å². The number of hydrogen-bond donors (Lipinski definition) is 2. The molecule has 3 aromatic rings. The summed E-state index contributed by atoms with van der Waals surface area (Å²) in [5.41, 5.74) is 2.22. The molecule has 2 aliphatic rings. The molecule has 2 aliphatic heterocycles. The zero-order valence-electron chi connectivity index (χ0n) is 25.1. The van der Waals surface area contributed by atoms with E-state index in [0.717, 1.165) is 62.8 Å². The molecule has 2 N–H and O–H groups in total. The van der Waals surface area contributed by atoms with Gasteiger partial charge in [0.25, 0.3) is 0 Å². The van der Waals surface area contributed by atoms with Gasteiger partial charge in [0.05, 0.1) is 52.9 Å². The third-order valence-electron chi connectivity index (χ3n) is 8.66. The third kappa shape index (κ3) is 7.86. The average Bonchev–Trinajstić information content (AvgIpc) is 3.32. The number of benzene rings is 1. The van der Waals surface area contributed by atoms with E-state index in [0.29, 0.717) is 34.5 Å². The van der Waals surface area contributed by atoms with Crippen LogP contribution in [0.25, 0.3) is 10.9 Å². The van der Waals surface area contributed by atoms with E-state index >= 15 is 0 Å². The molecule has 1 aromatic carbocycles. The number of anilines is 1. The second-order valence-corrected chi connectivity index (χ2v) is 12.8. The molecule has 4 heterocycles. The number of nitrogens with one attached hydrogen (secondary N) is 1. The quantitative estimate of drug-likeness (QED) is 0.316. The minimum absolute atomic E-state index is 0.189. The number of piperidine rings is 2. The Morgan fingerprint density at radius 1 is 1.07 bits per heavy atom. The number of hydrogen-bond acceptors (Lipinski definition) is 6. The Hall–Kier alpha value is -3.28. The number of pyridine rings is 1. The third-order valence-corrected chi connectivity index (χ3v) is 8.87. The average molecular weight is 627 g/mol. The van der Waals surface area contributed by atoms with E-state index < -0.39 is 18.1 Å². The molecule has 7 nitrogen and oxygen atoms in total. The van der Waals surface area contributed by atoms with Gasteiger partial charge in [0.1, 0.15) is 6.54 Å². The Bertz CT molecular complexity index is 1550. The predicted octanol–water partition coefficient (Wildman–Crippen LogP) is 5.94. The lowest BCUT2D eigenvalue weighted by Gasteiger charge is -2.41. The molecule has 0 radical (unpaired) electrons. The summed E-state index contributed by atoms with van der Waals surface area (Å²) in [6.07, 6.45) is 0.682. The number of fused-ring (bicyclic) bond motifs is 1. The van der Waals surface area contributed by atoms with Gasteiger partial charge in [0.15, 0.2) is 0 Å². The molecular weight excluding hydrogens is 589 g/mol. The molecule has 0 saturated carbocycles. The largest absolute Gasteiger partial charge is 0.406 e. The Labute approximate surface area is 261 Å². The fourth-order valence-corrected chi connectivity index (χ4v) is 6.35. The van der Waals surface area contributed by atoms with Gasteiger partial charge in [-0.25, -0.2) is 0 Å². The molecule has 0 unspecified atom stereocenters. The molecule has 0 aliphatic carbocycles. The van der Waals surface area contributed by atoms with Crippen molar-refractivity contribution in [3.8, 4) is 17.9 Å². The zero-order chi connectivity index (χ0) is 31.5. The van der Waals surface area contributed by atoms with Crippen LogP contribution in [-0.4, -0.2) is 75.5 Å². The van der Waals surface area contributed by atoms with Gasteiger partial charge in [-0.3, -0.25) is 9.88 Å². The number of nitrogens with zero attached hydrogens (tertiary/aromatic N) is 5. The molecule has 5 rings (SSSR count). The highest BCUT2D eigenvalue weighted by Crippen LogP contribution is 2.32. The number of aromatic nitrogens is 2. The van der Waals surface area contributed by atoms with E-state index in [-0.39, 0.29) is 18.3 Å². The first-order chi connectivity index (χ1) is 20.9. The molecular formula is C33H38ClF3N6O. The second kappa shape index (κ2) is 13.4. The Morgan fingerprint density at radius 2 is 1.80 bits per heavy atom. The molecule has 234 valence electrons. The number of halogens is 4. The summed E-state index contributed by atoms with van der Waals surface area (Å²) < 4.78 is 42.3. The van der Waals surface area contributed by atoms with Crippen LogP contribution < -0.4 is 5.32 Å². The highest BCUT2D eigenvalue weighted by molar-refractivity contribution is 6.31. The fraction of sp³-hybridized carbons (Fsp3) is 0.515. The van der Waals surface area contributed by atoms with Crippen molar-refractivity contribution in [3.05, 3.63) is 58.5 Å². The van der Waals surface area contributed by atoms with Crippen LogP contribution in [-0.2, 0) is 18.5 Å². The summed E-state index contributed by atoms with van der Waals surface area (Å²) in [5, 5.41) is 23.4. The van der Waals surface area contributed by atoms with E-state index in [9.17, 15) is 23.5 Å². The first kappa shape index (κ1) is 32.1. The first-order valence-corrected chi connectivity index (χ1v) is 15.4. The Kier molecular flexibility index (Phi) is 9.77. The number of aliphatic hydroxyl groups is 1. The van der Waals surface area contributed by atoms with Crippen molar-refractivity contribution < 1.29 is 18.3 Å². The van der Waals surface area contributed by atoms with Gasteiger partial charge in [-0.2, -0.15) is 18.4 Å². The van der Waals surface area contributed by atoms with Crippen molar-refractivity contribution in [2.75, 3.05) is 38.0 Å². The van der Waals surface area contributed by atoms with Crippen LogP contribution in [0.15, 0.2) is 36.5 Å². The van der Waals surface area contributed by atoms with E-state index in [2.05, 4.69) is 38.0 Å². The van der Waals surface area contributed by atoms with Crippen molar-refractivity contribution in [2.45, 2.75) is 76.4 Å². The maximum atomic E-state index is 13.7. The molecule has 2 saturated heterocycles.